The average Bonchev–Trinajstić information content (AvgIpc) is 2.18. The highest BCUT2D eigenvalue weighted by Gasteiger charge is 2.12. The van der Waals surface area contributed by atoms with Gasteiger partial charge in [0.25, 0.3) is 0 Å². The van der Waals surface area contributed by atoms with Gasteiger partial charge in [0.2, 0.25) is 0 Å². The van der Waals surface area contributed by atoms with E-state index in [0.29, 0.717) is 16.9 Å². The lowest BCUT2D eigenvalue weighted by Gasteiger charge is -2.13. The van der Waals surface area contributed by atoms with Gasteiger partial charge in [0.05, 0.1) is 13.7 Å². The molecule has 0 saturated heterocycles. The summed E-state index contributed by atoms with van der Waals surface area (Å²) >= 11 is 0. The van der Waals surface area contributed by atoms with E-state index in [1.165, 1.54) is 0 Å². The fraction of sp³-hybridized carbons (Fsp3) is 0.400. The van der Waals surface area contributed by atoms with Gasteiger partial charge in [-0.1, -0.05) is 0 Å². The maximum absolute atomic E-state index is 9.81. The van der Waals surface area contributed by atoms with E-state index in [9.17, 15) is 5.11 Å². The highest BCUT2D eigenvalue weighted by atomic mass is 16.6. The standard InChI is InChI=1S/C10H15NO3/c1-6-4-9(13-3)7(2)10(12)8(6)5-14-11/h4,12H,5,11H2,1-3H3. The first-order valence-corrected chi connectivity index (χ1v) is 4.29. The fourth-order valence-electron chi connectivity index (χ4n) is 1.40. The van der Waals surface area contributed by atoms with E-state index in [2.05, 4.69) is 4.84 Å². The number of ether oxygens (including phenoxy) is 1. The molecule has 0 radical (unpaired) electrons. The van der Waals surface area contributed by atoms with Crippen LogP contribution in [0, 0.1) is 13.8 Å². The third-order valence-electron chi connectivity index (χ3n) is 2.28. The van der Waals surface area contributed by atoms with Crippen molar-refractivity contribution < 1.29 is 14.7 Å². The van der Waals surface area contributed by atoms with Crippen LogP contribution in [0.1, 0.15) is 16.7 Å². The lowest BCUT2D eigenvalue weighted by molar-refractivity contribution is 0.121. The van der Waals surface area contributed by atoms with Crippen molar-refractivity contribution in [2.45, 2.75) is 20.5 Å². The molecular weight excluding hydrogens is 182 g/mol. The predicted molar refractivity (Wildman–Crippen MR) is 53.1 cm³/mol. The number of methoxy groups -OCH3 is 1. The zero-order chi connectivity index (χ0) is 10.7. The molecule has 0 heterocycles. The molecule has 4 nitrogen and oxygen atoms in total. The molecule has 1 aromatic carbocycles. The van der Waals surface area contributed by atoms with Gasteiger partial charge in [0, 0.05) is 11.1 Å². The Morgan fingerprint density at radius 2 is 2.07 bits per heavy atom. The van der Waals surface area contributed by atoms with Gasteiger partial charge in [-0.3, -0.25) is 4.84 Å². The Kier molecular flexibility index (Phi) is 3.33. The smallest absolute Gasteiger partial charge is 0.128 e. The van der Waals surface area contributed by atoms with Crippen molar-refractivity contribution >= 4 is 0 Å². The van der Waals surface area contributed by atoms with Crippen LogP contribution in [0.2, 0.25) is 0 Å². The first kappa shape index (κ1) is 10.8. The molecule has 0 aliphatic rings. The van der Waals surface area contributed by atoms with Crippen LogP contribution in [-0.4, -0.2) is 12.2 Å². The molecule has 1 rings (SSSR count). The van der Waals surface area contributed by atoms with Crippen LogP contribution in [0.5, 0.6) is 11.5 Å². The first-order chi connectivity index (χ1) is 6.61. The van der Waals surface area contributed by atoms with Gasteiger partial charge in [-0.15, -0.1) is 0 Å². The zero-order valence-corrected chi connectivity index (χ0v) is 8.63. The molecular formula is C10H15NO3. The lowest BCUT2D eigenvalue weighted by atomic mass is 10.0. The van der Waals surface area contributed by atoms with Crippen LogP contribution in [0.25, 0.3) is 0 Å². The fourth-order valence-corrected chi connectivity index (χ4v) is 1.40. The van der Waals surface area contributed by atoms with Gasteiger partial charge in [0.1, 0.15) is 11.5 Å². The Labute approximate surface area is 83.2 Å². The summed E-state index contributed by atoms with van der Waals surface area (Å²) in [5.74, 6) is 5.83. The molecule has 0 aliphatic carbocycles. The van der Waals surface area contributed by atoms with Crippen LogP contribution in [-0.2, 0) is 11.4 Å². The van der Waals surface area contributed by atoms with E-state index in [-0.39, 0.29) is 12.4 Å². The van der Waals surface area contributed by atoms with Crippen molar-refractivity contribution in [1.29, 1.82) is 0 Å². The summed E-state index contributed by atoms with van der Waals surface area (Å²) in [5, 5.41) is 9.81. The maximum Gasteiger partial charge on any atom is 0.128 e. The Morgan fingerprint density at radius 3 is 2.57 bits per heavy atom. The second-order valence-electron chi connectivity index (χ2n) is 3.16. The highest BCUT2D eigenvalue weighted by molar-refractivity contribution is 5.52. The number of phenols is 1. The molecule has 0 spiro atoms. The Hall–Kier alpha value is -1.26. The predicted octanol–water partition coefficient (Wildman–Crippen LogP) is 1.41. The number of nitrogens with two attached hydrogens (primary N) is 1. The largest absolute Gasteiger partial charge is 0.507 e. The van der Waals surface area contributed by atoms with E-state index >= 15 is 0 Å². The number of hydrogen-bond donors (Lipinski definition) is 2. The molecule has 0 saturated carbocycles. The van der Waals surface area contributed by atoms with Gasteiger partial charge >= 0.3 is 0 Å². The number of rotatable bonds is 3. The summed E-state index contributed by atoms with van der Waals surface area (Å²) in [7, 11) is 1.57. The van der Waals surface area contributed by atoms with Crippen LogP contribution in [0.15, 0.2) is 6.07 Å². The van der Waals surface area contributed by atoms with Crippen LogP contribution in [0.3, 0.4) is 0 Å². The molecule has 4 heteroatoms. The lowest BCUT2D eigenvalue weighted by Crippen LogP contribution is -2.02. The van der Waals surface area contributed by atoms with E-state index in [1.54, 1.807) is 14.0 Å². The number of benzene rings is 1. The van der Waals surface area contributed by atoms with Crippen molar-refractivity contribution in [1.82, 2.24) is 0 Å². The SMILES string of the molecule is COc1cc(C)c(CON)c(O)c1C. The summed E-state index contributed by atoms with van der Waals surface area (Å²) in [6.45, 7) is 3.85. The normalized spacial score (nSPS) is 10.3. The van der Waals surface area contributed by atoms with Gasteiger partial charge in [0.15, 0.2) is 0 Å². The molecule has 0 fully saturated rings. The third-order valence-corrected chi connectivity index (χ3v) is 2.28. The molecule has 0 bridgehead atoms. The zero-order valence-electron chi connectivity index (χ0n) is 8.63. The third kappa shape index (κ3) is 1.81. The molecule has 0 amide bonds. The Balaban J connectivity index is 3.26. The van der Waals surface area contributed by atoms with Crippen LogP contribution in [0.4, 0.5) is 0 Å². The number of hydrogen-bond acceptors (Lipinski definition) is 4. The summed E-state index contributed by atoms with van der Waals surface area (Å²) < 4.78 is 5.11. The maximum atomic E-state index is 9.81. The van der Waals surface area contributed by atoms with Crippen LogP contribution < -0.4 is 10.6 Å². The molecule has 0 aromatic heterocycles. The Morgan fingerprint density at radius 1 is 1.43 bits per heavy atom. The van der Waals surface area contributed by atoms with E-state index in [1.807, 2.05) is 13.0 Å². The summed E-state index contributed by atoms with van der Waals surface area (Å²) in [6, 6.07) is 1.85. The minimum atomic E-state index is 0.187. The molecule has 0 atom stereocenters. The van der Waals surface area contributed by atoms with Crippen molar-refractivity contribution in [2.24, 2.45) is 5.90 Å². The minimum absolute atomic E-state index is 0.187. The van der Waals surface area contributed by atoms with E-state index in [0.717, 1.165) is 5.56 Å². The monoisotopic (exact) mass is 197 g/mol. The summed E-state index contributed by atoms with van der Waals surface area (Å²) in [5.41, 5.74) is 2.30. The summed E-state index contributed by atoms with van der Waals surface area (Å²) in [4.78, 5) is 4.52. The summed E-state index contributed by atoms with van der Waals surface area (Å²) in [6.07, 6.45) is 0. The molecule has 3 N–H and O–H groups in total. The van der Waals surface area contributed by atoms with E-state index < -0.39 is 0 Å². The van der Waals surface area contributed by atoms with Crippen molar-refractivity contribution in [3.63, 3.8) is 0 Å². The quantitative estimate of drug-likeness (QED) is 0.719. The molecule has 14 heavy (non-hydrogen) atoms. The topological polar surface area (TPSA) is 64.7 Å². The van der Waals surface area contributed by atoms with Crippen molar-refractivity contribution in [2.75, 3.05) is 7.11 Å². The minimum Gasteiger partial charge on any atom is -0.507 e. The highest BCUT2D eigenvalue weighted by Crippen LogP contribution is 2.33. The Bertz CT molecular complexity index is 337. The van der Waals surface area contributed by atoms with Gasteiger partial charge in [-0.05, 0) is 25.5 Å². The molecule has 0 unspecified atom stereocenters. The van der Waals surface area contributed by atoms with Gasteiger partial charge in [-0.25, -0.2) is 5.90 Å². The second kappa shape index (κ2) is 4.30. The molecule has 1 aromatic rings. The van der Waals surface area contributed by atoms with Gasteiger partial charge in [-0.2, -0.15) is 0 Å². The first-order valence-electron chi connectivity index (χ1n) is 4.29. The molecule has 78 valence electrons. The van der Waals surface area contributed by atoms with Crippen LogP contribution >= 0.6 is 0 Å². The van der Waals surface area contributed by atoms with Crippen molar-refractivity contribution in [3.05, 3.63) is 22.8 Å². The second-order valence-corrected chi connectivity index (χ2v) is 3.16. The molecule has 0 aliphatic heterocycles. The van der Waals surface area contributed by atoms with Gasteiger partial charge < -0.3 is 9.84 Å². The van der Waals surface area contributed by atoms with Crippen molar-refractivity contribution in [3.8, 4) is 11.5 Å². The average molecular weight is 197 g/mol. The van der Waals surface area contributed by atoms with E-state index in [4.69, 9.17) is 10.6 Å². The number of aromatic hydroxyl groups is 1. The number of phenolic OH excluding ortho intramolecular Hbond substituents is 1. The number of aryl methyl sites for hydroxylation is 1.